The molecule has 104 valence electrons. The Hall–Kier alpha value is -1.36. The van der Waals surface area contributed by atoms with Gasteiger partial charge in [-0.15, -0.1) is 0 Å². The summed E-state index contributed by atoms with van der Waals surface area (Å²) >= 11 is 0. The molecule has 0 radical (unpaired) electrons. The number of fused-ring (bicyclic) bond motifs is 1. The molecule has 1 saturated carbocycles. The van der Waals surface area contributed by atoms with Crippen molar-refractivity contribution in [2.45, 2.75) is 51.4 Å². The third-order valence-corrected chi connectivity index (χ3v) is 4.33. The van der Waals surface area contributed by atoms with Crippen LogP contribution in [0, 0.1) is 6.92 Å². The summed E-state index contributed by atoms with van der Waals surface area (Å²) < 4.78 is 4.18. The van der Waals surface area contributed by atoms with E-state index in [9.17, 15) is 0 Å². The Labute approximate surface area is 113 Å². The van der Waals surface area contributed by atoms with Crippen molar-refractivity contribution in [2.75, 3.05) is 6.54 Å². The van der Waals surface area contributed by atoms with Crippen LogP contribution in [0.5, 0.6) is 0 Å². The third kappa shape index (κ3) is 2.06. The molecule has 19 heavy (non-hydrogen) atoms. The monoisotopic (exact) mass is 261 g/mol. The van der Waals surface area contributed by atoms with Gasteiger partial charge in [-0.25, -0.2) is 9.50 Å². The summed E-state index contributed by atoms with van der Waals surface area (Å²) in [4.78, 5) is 4.65. The largest absolute Gasteiger partial charge is 0.330 e. The fraction of sp³-hybridized carbons (Fsp3) is 0.714. The predicted molar refractivity (Wildman–Crippen MR) is 75.3 cm³/mol. The highest BCUT2D eigenvalue weighted by Gasteiger charge is 2.23. The first-order chi connectivity index (χ1) is 9.22. The molecule has 0 aromatic carbocycles. The van der Waals surface area contributed by atoms with Crippen molar-refractivity contribution in [3.8, 4) is 0 Å². The van der Waals surface area contributed by atoms with Crippen molar-refractivity contribution >= 4 is 5.78 Å². The maximum Gasteiger partial charge on any atom is 0.232 e. The fourth-order valence-electron chi connectivity index (χ4n) is 3.27. The maximum atomic E-state index is 5.69. The molecule has 2 aromatic heterocycles. The smallest absolute Gasteiger partial charge is 0.232 e. The highest BCUT2D eigenvalue weighted by atomic mass is 15.4. The van der Waals surface area contributed by atoms with E-state index in [1.54, 1.807) is 0 Å². The van der Waals surface area contributed by atoms with E-state index >= 15 is 0 Å². The lowest BCUT2D eigenvalue weighted by Gasteiger charge is -2.20. The first kappa shape index (κ1) is 12.7. The van der Waals surface area contributed by atoms with Gasteiger partial charge in [0.1, 0.15) is 5.82 Å². The van der Waals surface area contributed by atoms with Crippen molar-refractivity contribution < 1.29 is 0 Å². The molecule has 5 nitrogen and oxygen atoms in total. The van der Waals surface area contributed by atoms with Crippen LogP contribution < -0.4 is 5.73 Å². The minimum atomic E-state index is 0.603. The molecule has 0 bridgehead atoms. The minimum Gasteiger partial charge on any atom is -0.330 e. The molecule has 0 unspecified atom stereocenters. The van der Waals surface area contributed by atoms with Crippen LogP contribution in [0.3, 0.4) is 0 Å². The van der Waals surface area contributed by atoms with Crippen molar-refractivity contribution in [1.29, 1.82) is 0 Å². The van der Waals surface area contributed by atoms with Gasteiger partial charge in [-0.2, -0.15) is 5.10 Å². The molecular formula is C14H23N5. The SMILES string of the molecule is Cc1nc2n(C)c(C3CCCCC3)nn2c1CCN. The Kier molecular flexibility index (Phi) is 3.31. The summed E-state index contributed by atoms with van der Waals surface area (Å²) in [5.41, 5.74) is 7.91. The Morgan fingerprint density at radius 3 is 2.68 bits per heavy atom. The second-order valence-corrected chi connectivity index (χ2v) is 5.65. The Morgan fingerprint density at radius 2 is 2.00 bits per heavy atom. The van der Waals surface area contributed by atoms with Gasteiger partial charge in [-0.05, 0) is 26.3 Å². The van der Waals surface area contributed by atoms with E-state index in [2.05, 4.69) is 16.6 Å². The minimum absolute atomic E-state index is 0.603. The number of hydrogen-bond donors (Lipinski definition) is 1. The van der Waals surface area contributed by atoms with Gasteiger partial charge < -0.3 is 5.73 Å². The molecular weight excluding hydrogens is 238 g/mol. The van der Waals surface area contributed by atoms with Gasteiger partial charge >= 0.3 is 0 Å². The number of aryl methyl sites for hydroxylation is 2. The highest BCUT2D eigenvalue weighted by molar-refractivity contribution is 5.37. The quantitative estimate of drug-likeness (QED) is 0.918. The Balaban J connectivity index is 2.04. The van der Waals surface area contributed by atoms with Crippen LogP contribution in [0.25, 0.3) is 5.78 Å². The van der Waals surface area contributed by atoms with Crippen molar-refractivity contribution in [3.05, 3.63) is 17.2 Å². The molecule has 1 fully saturated rings. The molecule has 0 aliphatic heterocycles. The van der Waals surface area contributed by atoms with Crippen LogP contribution >= 0.6 is 0 Å². The molecule has 5 heteroatoms. The van der Waals surface area contributed by atoms with Crippen molar-refractivity contribution in [3.63, 3.8) is 0 Å². The Bertz CT molecular complexity index is 574. The van der Waals surface area contributed by atoms with Crippen LogP contribution in [0.15, 0.2) is 0 Å². The van der Waals surface area contributed by atoms with Gasteiger partial charge in [-0.1, -0.05) is 19.3 Å². The van der Waals surface area contributed by atoms with E-state index < -0.39 is 0 Å². The van der Waals surface area contributed by atoms with Crippen LogP contribution in [-0.4, -0.2) is 25.7 Å². The molecule has 0 spiro atoms. The lowest BCUT2D eigenvalue weighted by Crippen LogP contribution is -2.11. The number of nitrogens with zero attached hydrogens (tertiary/aromatic N) is 4. The van der Waals surface area contributed by atoms with Crippen LogP contribution in [0.4, 0.5) is 0 Å². The van der Waals surface area contributed by atoms with E-state index in [1.807, 2.05) is 11.4 Å². The van der Waals surface area contributed by atoms with Gasteiger partial charge in [0.2, 0.25) is 5.78 Å². The number of nitrogens with two attached hydrogens (primary N) is 1. The van der Waals surface area contributed by atoms with Gasteiger partial charge in [0.05, 0.1) is 11.4 Å². The number of rotatable bonds is 3. The second-order valence-electron chi connectivity index (χ2n) is 5.65. The zero-order chi connectivity index (χ0) is 13.4. The first-order valence-corrected chi connectivity index (χ1v) is 7.33. The first-order valence-electron chi connectivity index (χ1n) is 7.33. The molecule has 2 N–H and O–H groups in total. The predicted octanol–water partition coefficient (Wildman–Crippen LogP) is 1.93. The lowest BCUT2D eigenvalue weighted by molar-refractivity contribution is 0.420. The van der Waals surface area contributed by atoms with E-state index in [4.69, 9.17) is 10.8 Å². The molecule has 3 rings (SSSR count). The molecule has 2 heterocycles. The Morgan fingerprint density at radius 1 is 1.26 bits per heavy atom. The molecule has 0 atom stereocenters. The summed E-state index contributed by atoms with van der Waals surface area (Å²) in [6.45, 7) is 2.68. The molecule has 2 aromatic rings. The second kappa shape index (κ2) is 4.96. The van der Waals surface area contributed by atoms with E-state index in [0.29, 0.717) is 12.5 Å². The highest BCUT2D eigenvalue weighted by Crippen LogP contribution is 2.32. The van der Waals surface area contributed by atoms with Crippen LogP contribution in [0.2, 0.25) is 0 Å². The van der Waals surface area contributed by atoms with Gasteiger partial charge in [0.25, 0.3) is 0 Å². The zero-order valence-corrected chi connectivity index (χ0v) is 11.9. The molecule has 0 saturated heterocycles. The standard InChI is InChI=1S/C14H23N5/c1-10-12(8-9-15)19-14(16-10)18(2)13(17-19)11-6-4-3-5-7-11/h11H,3-9,15H2,1-2H3. The van der Waals surface area contributed by atoms with Gasteiger partial charge in [-0.3, -0.25) is 4.57 Å². The van der Waals surface area contributed by atoms with E-state index in [-0.39, 0.29) is 0 Å². The van der Waals surface area contributed by atoms with Crippen LogP contribution in [-0.2, 0) is 13.5 Å². The topological polar surface area (TPSA) is 61.1 Å². The number of imidazole rings is 1. The zero-order valence-electron chi connectivity index (χ0n) is 11.9. The van der Waals surface area contributed by atoms with Crippen LogP contribution in [0.1, 0.15) is 55.2 Å². The third-order valence-electron chi connectivity index (χ3n) is 4.33. The summed E-state index contributed by atoms with van der Waals surface area (Å²) in [7, 11) is 2.09. The fourth-order valence-corrected chi connectivity index (χ4v) is 3.27. The van der Waals surface area contributed by atoms with Gasteiger partial charge in [0, 0.05) is 19.4 Å². The maximum absolute atomic E-state index is 5.69. The van der Waals surface area contributed by atoms with Gasteiger partial charge in [0.15, 0.2) is 0 Å². The summed E-state index contributed by atoms with van der Waals surface area (Å²) in [5.74, 6) is 2.76. The van der Waals surface area contributed by atoms with Crippen molar-refractivity contribution in [2.24, 2.45) is 12.8 Å². The normalized spacial score (nSPS) is 17.4. The van der Waals surface area contributed by atoms with Crippen molar-refractivity contribution in [1.82, 2.24) is 19.2 Å². The summed E-state index contributed by atoms with van der Waals surface area (Å²) in [6.07, 6.45) is 7.39. The number of aromatic nitrogens is 4. The summed E-state index contributed by atoms with van der Waals surface area (Å²) in [6, 6.07) is 0. The molecule has 1 aliphatic rings. The number of hydrogen-bond acceptors (Lipinski definition) is 3. The molecule has 1 aliphatic carbocycles. The molecule has 0 amide bonds. The van der Waals surface area contributed by atoms with E-state index in [1.165, 1.54) is 37.9 Å². The average Bonchev–Trinajstić information content (AvgIpc) is 2.90. The average molecular weight is 261 g/mol. The summed E-state index contributed by atoms with van der Waals surface area (Å²) in [5, 5.41) is 4.84. The van der Waals surface area contributed by atoms with E-state index in [0.717, 1.165) is 23.6 Å². The lowest BCUT2D eigenvalue weighted by atomic mass is 9.89.